The third-order valence-corrected chi connectivity index (χ3v) is 3.81. The Labute approximate surface area is 104 Å². The summed E-state index contributed by atoms with van der Waals surface area (Å²) in [7, 11) is 0. The van der Waals surface area contributed by atoms with Gasteiger partial charge in [0.05, 0.1) is 0 Å². The lowest BCUT2D eigenvalue weighted by Crippen LogP contribution is -2.46. The van der Waals surface area contributed by atoms with E-state index in [0.29, 0.717) is 18.2 Å². The van der Waals surface area contributed by atoms with Crippen molar-refractivity contribution in [1.82, 2.24) is 4.90 Å². The van der Waals surface area contributed by atoms with Crippen LogP contribution in [-0.2, 0) is 4.79 Å². The maximum atomic E-state index is 11.8. The molecule has 1 atom stereocenters. The minimum atomic E-state index is -0.193. The molecule has 1 heterocycles. The zero-order valence-electron chi connectivity index (χ0n) is 10.9. The Morgan fingerprint density at radius 1 is 1.24 bits per heavy atom. The van der Waals surface area contributed by atoms with Gasteiger partial charge in [-0.25, -0.2) is 0 Å². The van der Waals surface area contributed by atoms with Gasteiger partial charge in [-0.15, -0.1) is 0 Å². The Kier molecular flexibility index (Phi) is 3.34. The summed E-state index contributed by atoms with van der Waals surface area (Å²) in [6, 6.07) is 10.9. The monoisotopic (exact) mass is 231 g/mol. The number of carbonyl (C=O) groups excluding carboxylic acids is 1. The summed E-state index contributed by atoms with van der Waals surface area (Å²) in [5.41, 5.74) is 1.14. The molecule has 0 bridgehead atoms. The number of Topliss-reactive ketones (excluding diaryl/α,β-unsaturated/α-hetero) is 1. The predicted octanol–water partition coefficient (Wildman–Crippen LogP) is 3.05. The number of likely N-dealkylation sites (tertiary alicyclic amines) is 1. The van der Waals surface area contributed by atoms with Crippen molar-refractivity contribution >= 4 is 5.78 Å². The van der Waals surface area contributed by atoms with Crippen molar-refractivity contribution in [3.05, 3.63) is 35.9 Å². The molecule has 1 aromatic rings. The van der Waals surface area contributed by atoms with Gasteiger partial charge in [0, 0.05) is 31.0 Å². The number of nitrogens with zero attached hydrogens (tertiary/aromatic N) is 1. The van der Waals surface area contributed by atoms with Gasteiger partial charge in [-0.3, -0.25) is 9.69 Å². The summed E-state index contributed by atoms with van der Waals surface area (Å²) in [6.07, 6.45) is 0.685. The number of ketones is 1. The van der Waals surface area contributed by atoms with E-state index in [1.165, 1.54) is 5.56 Å². The normalized spacial score (nSPS) is 22.4. The van der Waals surface area contributed by atoms with Crippen molar-refractivity contribution in [2.24, 2.45) is 5.41 Å². The second-order valence-electron chi connectivity index (χ2n) is 5.61. The van der Waals surface area contributed by atoms with Crippen LogP contribution >= 0.6 is 0 Å². The van der Waals surface area contributed by atoms with E-state index in [-0.39, 0.29) is 5.41 Å². The Morgan fingerprint density at radius 2 is 1.88 bits per heavy atom. The van der Waals surface area contributed by atoms with Gasteiger partial charge >= 0.3 is 0 Å². The van der Waals surface area contributed by atoms with Gasteiger partial charge in [-0.1, -0.05) is 44.2 Å². The number of piperidine rings is 1. The maximum absolute atomic E-state index is 11.8. The average molecular weight is 231 g/mol. The van der Waals surface area contributed by atoms with E-state index in [1.54, 1.807) is 0 Å². The summed E-state index contributed by atoms with van der Waals surface area (Å²) < 4.78 is 0. The first-order chi connectivity index (χ1) is 8.00. The number of carbonyl (C=O) groups is 1. The lowest BCUT2D eigenvalue weighted by molar-refractivity contribution is -0.132. The van der Waals surface area contributed by atoms with Gasteiger partial charge < -0.3 is 0 Å². The highest BCUT2D eigenvalue weighted by molar-refractivity contribution is 5.85. The van der Waals surface area contributed by atoms with Gasteiger partial charge in [-0.2, -0.15) is 0 Å². The van der Waals surface area contributed by atoms with Crippen molar-refractivity contribution in [2.75, 3.05) is 13.1 Å². The maximum Gasteiger partial charge on any atom is 0.141 e. The summed E-state index contributed by atoms with van der Waals surface area (Å²) in [5, 5.41) is 0. The zero-order valence-corrected chi connectivity index (χ0v) is 10.9. The Balaban J connectivity index is 2.12. The molecule has 1 aliphatic rings. The molecule has 2 nitrogen and oxygen atoms in total. The second kappa shape index (κ2) is 4.61. The molecule has 1 saturated heterocycles. The van der Waals surface area contributed by atoms with Crippen LogP contribution in [0.15, 0.2) is 30.3 Å². The molecule has 0 radical (unpaired) electrons. The fraction of sp³-hybridized carbons (Fsp3) is 0.533. The quantitative estimate of drug-likeness (QED) is 0.779. The van der Waals surface area contributed by atoms with E-state index in [2.05, 4.69) is 49.9 Å². The van der Waals surface area contributed by atoms with Crippen LogP contribution in [0.4, 0.5) is 0 Å². The fourth-order valence-corrected chi connectivity index (χ4v) is 2.53. The lowest BCUT2D eigenvalue weighted by Gasteiger charge is -2.40. The number of benzene rings is 1. The molecular formula is C15H21NO. The molecule has 0 aliphatic carbocycles. The Bertz CT molecular complexity index is 397. The van der Waals surface area contributed by atoms with Crippen LogP contribution in [-0.4, -0.2) is 23.8 Å². The molecule has 1 aromatic carbocycles. The SMILES string of the molecule is CC(c1ccccc1)N1CCC(=O)C(C)(C)C1. The first-order valence-corrected chi connectivity index (χ1v) is 6.33. The third-order valence-electron chi connectivity index (χ3n) is 3.81. The molecule has 92 valence electrons. The Hall–Kier alpha value is -1.15. The Morgan fingerprint density at radius 3 is 2.47 bits per heavy atom. The van der Waals surface area contributed by atoms with Crippen molar-refractivity contribution in [1.29, 1.82) is 0 Å². The van der Waals surface area contributed by atoms with E-state index in [4.69, 9.17) is 0 Å². The van der Waals surface area contributed by atoms with E-state index < -0.39 is 0 Å². The summed E-state index contributed by atoms with van der Waals surface area (Å²) in [5.74, 6) is 0.397. The smallest absolute Gasteiger partial charge is 0.141 e. The molecule has 1 fully saturated rings. The molecule has 1 unspecified atom stereocenters. The second-order valence-corrected chi connectivity index (χ2v) is 5.61. The molecule has 0 saturated carbocycles. The van der Waals surface area contributed by atoms with Gasteiger partial charge in [0.2, 0.25) is 0 Å². The van der Waals surface area contributed by atoms with Crippen molar-refractivity contribution < 1.29 is 4.79 Å². The topological polar surface area (TPSA) is 20.3 Å². The lowest BCUT2D eigenvalue weighted by atomic mass is 9.82. The largest absolute Gasteiger partial charge is 0.299 e. The van der Waals surface area contributed by atoms with Crippen LogP contribution in [0.25, 0.3) is 0 Å². The van der Waals surface area contributed by atoms with E-state index in [9.17, 15) is 4.79 Å². The van der Waals surface area contributed by atoms with Gasteiger partial charge in [-0.05, 0) is 12.5 Å². The molecule has 1 aliphatic heterocycles. The fourth-order valence-electron chi connectivity index (χ4n) is 2.53. The molecule has 0 spiro atoms. The molecule has 0 aromatic heterocycles. The molecule has 17 heavy (non-hydrogen) atoms. The minimum absolute atomic E-state index is 0.193. The van der Waals surface area contributed by atoms with Crippen LogP contribution in [0.3, 0.4) is 0 Å². The summed E-state index contributed by atoms with van der Waals surface area (Å²) in [4.78, 5) is 14.2. The minimum Gasteiger partial charge on any atom is -0.299 e. The van der Waals surface area contributed by atoms with Crippen LogP contribution in [0.1, 0.15) is 38.8 Å². The molecule has 0 amide bonds. The summed E-state index contributed by atoms with van der Waals surface area (Å²) in [6.45, 7) is 8.08. The first kappa shape index (κ1) is 12.3. The van der Waals surface area contributed by atoms with E-state index in [0.717, 1.165) is 13.1 Å². The highest BCUT2D eigenvalue weighted by Gasteiger charge is 2.35. The third kappa shape index (κ3) is 2.58. The van der Waals surface area contributed by atoms with Crippen LogP contribution in [0, 0.1) is 5.41 Å². The van der Waals surface area contributed by atoms with Gasteiger partial charge in [0.15, 0.2) is 0 Å². The average Bonchev–Trinajstić information content (AvgIpc) is 2.33. The molecule has 2 heteroatoms. The van der Waals surface area contributed by atoms with Crippen molar-refractivity contribution in [3.8, 4) is 0 Å². The highest BCUT2D eigenvalue weighted by Crippen LogP contribution is 2.31. The number of rotatable bonds is 2. The molecular weight excluding hydrogens is 210 g/mol. The molecule has 0 N–H and O–H groups in total. The van der Waals surface area contributed by atoms with Crippen molar-refractivity contribution in [3.63, 3.8) is 0 Å². The van der Waals surface area contributed by atoms with Crippen LogP contribution < -0.4 is 0 Å². The standard InChI is InChI=1S/C15H21NO/c1-12(13-7-5-4-6-8-13)16-10-9-14(17)15(2,3)11-16/h4-8,12H,9-11H2,1-3H3. The van der Waals surface area contributed by atoms with Crippen LogP contribution in [0.2, 0.25) is 0 Å². The van der Waals surface area contributed by atoms with E-state index >= 15 is 0 Å². The zero-order chi connectivity index (χ0) is 12.5. The van der Waals surface area contributed by atoms with E-state index in [1.807, 2.05) is 6.07 Å². The van der Waals surface area contributed by atoms with Gasteiger partial charge in [0.25, 0.3) is 0 Å². The summed E-state index contributed by atoms with van der Waals surface area (Å²) >= 11 is 0. The van der Waals surface area contributed by atoms with Crippen LogP contribution in [0.5, 0.6) is 0 Å². The predicted molar refractivity (Wildman–Crippen MR) is 69.8 cm³/mol. The van der Waals surface area contributed by atoms with Crippen molar-refractivity contribution in [2.45, 2.75) is 33.2 Å². The number of hydrogen-bond acceptors (Lipinski definition) is 2. The molecule has 2 rings (SSSR count). The first-order valence-electron chi connectivity index (χ1n) is 6.33. The highest BCUT2D eigenvalue weighted by atomic mass is 16.1. The number of hydrogen-bond donors (Lipinski definition) is 0. The van der Waals surface area contributed by atoms with Gasteiger partial charge in [0.1, 0.15) is 5.78 Å².